The molecule has 0 saturated carbocycles. The first-order valence-electron chi connectivity index (χ1n) is 8.53. The van der Waals surface area contributed by atoms with Crippen LogP contribution in [0.1, 0.15) is 34.0 Å². The van der Waals surface area contributed by atoms with Crippen LogP contribution in [0.2, 0.25) is 0 Å². The largest absolute Gasteiger partial charge is 0.351 e. The van der Waals surface area contributed by atoms with E-state index in [1.165, 1.54) is 0 Å². The Hall–Kier alpha value is -3.38. The molecule has 0 aliphatic carbocycles. The number of carbonyl (C=O) groups excluding carboxylic acids is 1. The lowest BCUT2D eigenvalue weighted by atomic mass is 9.76. The standard InChI is InChI=1S/C23H20N2O/c1-23(20-11-4-2-5-12-20,21-13-6-3-7-14-21)17-25-22(26)19-10-8-9-18(15-19)16-24/h2-15H,17H2,1H3,(H,25,26). The molecule has 0 spiro atoms. The molecule has 0 saturated heterocycles. The van der Waals surface area contributed by atoms with Crippen molar-refractivity contribution in [2.45, 2.75) is 12.3 Å². The van der Waals surface area contributed by atoms with Gasteiger partial charge in [-0.2, -0.15) is 5.26 Å². The van der Waals surface area contributed by atoms with Crippen LogP contribution in [0.3, 0.4) is 0 Å². The van der Waals surface area contributed by atoms with Crippen LogP contribution in [0.15, 0.2) is 84.9 Å². The lowest BCUT2D eigenvalue weighted by molar-refractivity contribution is 0.0947. The molecular formula is C23H20N2O. The Labute approximate surface area is 153 Å². The summed E-state index contributed by atoms with van der Waals surface area (Å²) >= 11 is 0. The number of rotatable bonds is 5. The van der Waals surface area contributed by atoms with E-state index in [1.807, 2.05) is 36.4 Å². The van der Waals surface area contributed by atoms with Crippen LogP contribution in [0.4, 0.5) is 0 Å². The van der Waals surface area contributed by atoms with Crippen molar-refractivity contribution in [1.82, 2.24) is 5.32 Å². The Kier molecular flexibility index (Phi) is 5.15. The molecule has 26 heavy (non-hydrogen) atoms. The van der Waals surface area contributed by atoms with E-state index in [0.717, 1.165) is 11.1 Å². The van der Waals surface area contributed by atoms with Gasteiger partial charge in [-0.25, -0.2) is 0 Å². The minimum Gasteiger partial charge on any atom is -0.351 e. The van der Waals surface area contributed by atoms with Crippen molar-refractivity contribution in [2.24, 2.45) is 0 Å². The summed E-state index contributed by atoms with van der Waals surface area (Å²) in [5, 5.41) is 12.1. The molecule has 0 aromatic heterocycles. The van der Waals surface area contributed by atoms with Crippen molar-refractivity contribution in [3.8, 4) is 6.07 Å². The molecule has 0 atom stereocenters. The van der Waals surface area contributed by atoms with Crippen molar-refractivity contribution in [3.63, 3.8) is 0 Å². The molecule has 0 aliphatic heterocycles. The Morgan fingerprint density at radius 1 is 0.923 bits per heavy atom. The molecule has 0 fully saturated rings. The van der Waals surface area contributed by atoms with E-state index in [2.05, 4.69) is 42.6 Å². The number of amides is 1. The smallest absolute Gasteiger partial charge is 0.251 e. The SMILES string of the molecule is CC(CNC(=O)c1cccc(C#N)c1)(c1ccccc1)c1ccccc1. The van der Waals surface area contributed by atoms with E-state index < -0.39 is 0 Å². The van der Waals surface area contributed by atoms with Crippen LogP contribution in [-0.2, 0) is 5.41 Å². The Bertz CT molecular complexity index is 888. The molecule has 3 heteroatoms. The summed E-state index contributed by atoms with van der Waals surface area (Å²) in [6.07, 6.45) is 0. The van der Waals surface area contributed by atoms with Crippen LogP contribution in [0.25, 0.3) is 0 Å². The fraction of sp³-hybridized carbons (Fsp3) is 0.130. The molecule has 0 bridgehead atoms. The maximum absolute atomic E-state index is 12.6. The minimum absolute atomic E-state index is 0.180. The van der Waals surface area contributed by atoms with E-state index in [1.54, 1.807) is 24.3 Å². The Morgan fingerprint density at radius 2 is 1.50 bits per heavy atom. The van der Waals surface area contributed by atoms with E-state index >= 15 is 0 Å². The maximum Gasteiger partial charge on any atom is 0.251 e. The summed E-state index contributed by atoms with van der Waals surface area (Å²) in [5.74, 6) is -0.180. The summed E-state index contributed by atoms with van der Waals surface area (Å²) in [4.78, 5) is 12.6. The molecule has 0 aliphatic rings. The van der Waals surface area contributed by atoms with E-state index in [-0.39, 0.29) is 11.3 Å². The van der Waals surface area contributed by atoms with Crippen molar-refractivity contribution >= 4 is 5.91 Å². The van der Waals surface area contributed by atoms with Crippen LogP contribution < -0.4 is 5.32 Å². The summed E-state index contributed by atoms with van der Waals surface area (Å²) in [6, 6.07) is 29.1. The number of nitrogens with zero attached hydrogens (tertiary/aromatic N) is 1. The van der Waals surface area contributed by atoms with Crippen LogP contribution in [0.5, 0.6) is 0 Å². The van der Waals surface area contributed by atoms with Gasteiger partial charge in [-0.3, -0.25) is 4.79 Å². The summed E-state index contributed by atoms with van der Waals surface area (Å²) < 4.78 is 0. The van der Waals surface area contributed by atoms with Gasteiger partial charge < -0.3 is 5.32 Å². The fourth-order valence-corrected chi connectivity index (χ4v) is 3.07. The van der Waals surface area contributed by atoms with Gasteiger partial charge in [0.2, 0.25) is 0 Å². The Balaban J connectivity index is 1.87. The molecule has 3 nitrogen and oxygen atoms in total. The zero-order valence-corrected chi connectivity index (χ0v) is 14.6. The molecular weight excluding hydrogens is 320 g/mol. The molecule has 0 radical (unpaired) electrons. The van der Waals surface area contributed by atoms with Gasteiger partial charge in [0.1, 0.15) is 0 Å². The first-order chi connectivity index (χ1) is 12.6. The third-order valence-corrected chi connectivity index (χ3v) is 4.68. The van der Waals surface area contributed by atoms with Gasteiger partial charge >= 0.3 is 0 Å². The average molecular weight is 340 g/mol. The van der Waals surface area contributed by atoms with Gasteiger partial charge in [0.15, 0.2) is 0 Å². The first-order valence-corrected chi connectivity index (χ1v) is 8.53. The van der Waals surface area contributed by atoms with Gasteiger partial charge in [0, 0.05) is 17.5 Å². The predicted molar refractivity (Wildman–Crippen MR) is 103 cm³/mol. The third-order valence-electron chi connectivity index (χ3n) is 4.68. The summed E-state index contributed by atoms with van der Waals surface area (Å²) in [5.41, 5.74) is 2.89. The lowest BCUT2D eigenvalue weighted by Crippen LogP contribution is -2.39. The van der Waals surface area contributed by atoms with Gasteiger partial charge in [-0.15, -0.1) is 0 Å². The minimum atomic E-state index is -0.356. The quantitative estimate of drug-likeness (QED) is 0.753. The Morgan fingerprint density at radius 3 is 2.04 bits per heavy atom. The number of benzene rings is 3. The highest BCUT2D eigenvalue weighted by Crippen LogP contribution is 2.31. The molecule has 1 N–H and O–H groups in total. The van der Waals surface area contributed by atoms with Gasteiger partial charge in [-0.05, 0) is 36.2 Å². The van der Waals surface area contributed by atoms with Crippen molar-refractivity contribution in [2.75, 3.05) is 6.54 Å². The van der Waals surface area contributed by atoms with Crippen molar-refractivity contribution in [3.05, 3.63) is 107 Å². The summed E-state index contributed by atoms with van der Waals surface area (Å²) in [7, 11) is 0. The molecule has 3 aromatic carbocycles. The van der Waals surface area contributed by atoms with Crippen LogP contribution in [-0.4, -0.2) is 12.5 Å². The monoisotopic (exact) mass is 340 g/mol. The number of nitriles is 1. The number of carbonyl (C=O) groups is 1. The molecule has 128 valence electrons. The molecule has 0 heterocycles. The predicted octanol–water partition coefficient (Wildman–Crippen LogP) is 4.29. The second-order valence-corrected chi connectivity index (χ2v) is 6.44. The maximum atomic E-state index is 12.6. The normalized spacial score (nSPS) is 10.8. The first kappa shape index (κ1) is 17.4. The average Bonchev–Trinajstić information content (AvgIpc) is 2.73. The fourth-order valence-electron chi connectivity index (χ4n) is 3.07. The topological polar surface area (TPSA) is 52.9 Å². The summed E-state index contributed by atoms with van der Waals surface area (Å²) in [6.45, 7) is 2.58. The van der Waals surface area contributed by atoms with Crippen LogP contribution >= 0.6 is 0 Å². The van der Waals surface area contributed by atoms with E-state index in [9.17, 15) is 4.79 Å². The molecule has 1 amide bonds. The van der Waals surface area contributed by atoms with E-state index in [4.69, 9.17) is 5.26 Å². The number of hydrogen-bond acceptors (Lipinski definition) is 2. The highest BCUT2D eigenvalue weighted by molar-refractivity contribution is 5.94. The second-order valence-electron chi connectivity index (χ2n) is 6.44. The zero-order valence-electron chi connectivity index (χ0n) is 14.6. The van der Waals surface area contributed by atoms with E-state index in [0.29, 0.717) is 17.7 Å². The second kappa shape index (κ2) is 7.67. The highest BCUT2D eigenvalue weighted by atomic mass is 16.1. The van der Waals surface area contributed by atoms with Gasteiger partial charge in [-0.1, -0.05) is 66.7 Å². The van der Waals surface area contributed by atoms with Crippen LogP contribution in [0, 0.1) is 11.3 Å². The molecule has 3 aromatic rings. The number of nitrogens with one attached hydrogen (secondary N) is 1. The molecule has 0 unspecified atom stereocenters. The van der Waals surface area contributed by atoms with Crippen molar-refractivity contribution < 1.29 is 4.79 Å². The van der Waals surface area contributed by atoms with Crippen molar-refractivity contribution in [1.29, 1.82) is 5.26 Å². The molecule has 3 rings (SSSR count). The van der Waals surface area contributed by atoms with Gasteiger partial charge in [0.05, 0.1) is 11.6 Å². The van der Waals surface area contributed by atoms with Gasteiger partial charge in [0.25, 0.3) is 5.91 Å². The number of hydrogen-bond donors (Lipinski definition) is 1. The third kappa shape index (κ3) is 3.65. The lowest BCUT2D eigenvalue weighted by Gasteiger charge is -2.31. The highest BCUT2D eigenvalue weighted by Gasteiger charge is 2.29. The zero-order chi connectivity index (χ0) is 18.4.